The van der Waals surface area contributed by atoms with Crippen molar-refractivity contribution in [1.29, 1.82) is 0 Å². The molecule has 0 saturated heterocycles. The third-order valence-electron chi connectivity index (χ3n) is 3.74. The monoisotopic (exact) mass is 348 g/mol. The van der Waals surface area contributed by atoms with Crippen LogP contribution in [0.25, 0.3) is 0 Å². The molecule has 7 heteroatoms. The molecule has 5 nitrogen and oxygen atoms in total. The first kappa shape index (κ1) is 16.3. The van der Waals surface area contributed by atoms with Gasteiger partial charge in [-0.15, -0.1) is 16.4 Å². The van der Waals surface area contributed by atoms with Gasteiger partial charge in [-0.2, -0.15) is 0 Å². The predicted molar refractivity (Wildman–Crippen MR) is 93.6 cm³/mol. The number of amides is 1. The molecule has 0 aromatic carbocycles. The summed E-state index contributed by atoms with van der Waals surface area (Å²) in [7, 11) is 0. The summed E-state index contributed by atoms with van der Waals surface area (Å²) in [5.41, 5.74) is 1.17. The summed E-state index contributed by atoms with van der Waals surface area (Å²) in [4.78, 5) is 20.0. The quantitative estimate of drug-likeness (QED) is 0.778. The molecule has 0 radical (unpaired) electrons. The van der Waals surface area contributed by atoms with Crippen LogP contribution in [0.15, 0.2) is 34.4 Å². The molecule has 1 aliphatic carbocycles. The highest BCUT2D eigenvalue weighted by Crippen LogP contribution is 2.23. The maximum atomic E-state index is 12.4. The molecule has 0 bridgehead atoms. The molecule has 2 heterocycles. The van der Waals surface area contributed by atoms with E-state index in [1.807, 2.05) is 17.9 Å². The van der Waals surface area contributed by atoms with Gasteiger partial charge in [0.05, 0.1) is 5.75 Å². The Kier molecular flexibility index (Phi) is 5.51. The van der Waals surface area contributed by atoms with E-state index in [4.69, 9.17) is 0 Å². The molecule has 0 atom stereocenters. The van der Waals surface area contributed by atoms with Gasteiger partial charge in [-0.1, -0.05) is 23.9 Å². The predicted octanol–water partition coefficient (Wildman–Crippen LogP) is 3.47. The Morgan fingerprint density at radius 3 is 3.13 bits per heavy atom. The van der Waals surface area contributed by atoms with Gasteiger partial charge in [0, 0.05) is 23.5 Å². The van der Waals surface area contributed by atoms with Crippen LogP contribution in [0.3, 0.4) is 0 Å². The second-order valence-electron chi connectivity index (χ2n) is 5.34. The van der Waals surface area contributed by atoms with Crippen LogP contribution in [0.5, 0.6) is 0 Å². The van der Waals surface area contributed by atoms with Gasteiger partial charge >= 0.3 is 0 Å². The number of carbonyl (C=O) groups is 1. The number of aromatic amines is 1. The number of rotatable bonds is 7. The van der Waals surface area contributed by atoms with Crippen molar-refractivity contribution in [1.82, 2.24) is 20.1 Å². The summed E-state index contributed by atoms with van der Waals surface area (Å²) in [6.07, 6.45) is 6.18. The highest BCUT2D eigenvalue weighted by Gasteiger charge is 2.19. The molecule has 2 aromatic rings. The summed E-state index contributed by atoms with van der Waals surface area (Å²) in [5, 5.41) is 9.84. The Morgan fingerprint density at radius 2 is 2.43 bits per heavy atom. The lowest BCUT2D eigenvalue weighted by Crippen LogP contribution is -2.31. The summed E-state index contributed by atoms with van der Waals surface area (Å²) in [6, 6.07) is 4.11. The highest BCUT2D eigenvalue weighted by atomic mass is 32.2. The van der Waals surface area contributed by atoms with Gasteiger partial charge in [-0.05, 0) is 37.6 Å². The van der Waals surface area contributed by atoms with E-state index in [-0.39, 0.29) is 5.91 Å². The molecule has 23 heavy (non-hydrogen) atoms. The Morgan fingerprint density at radius 1 is 1.52 bits per heavy atom. The fourth-order valence-electron chi connectivity index (χ4n) is 2.64. The zero-order valence-corrected chi connectivity index (χ0v) is 14.8. The smallest absolute Gasteiger partial charge is 0.237 e. The first-order valence-corrected chi connectivity index (χ1v) is 9.68. The average molecular weight is 348 g/mol. The first-order chi connectivity index (χ1) is 11.3. The van der Waals surface area contributed by atoms with Crippen LogP contribution >= 0.6 is 23.1 Å². The van der Waals surface area contributed by atoms with Gasteiger partial charge < -0.3 is 4.90 Å². The average Bonchev–Trinajstić information content (AvgIpc) is 3.29. The maximum Gasteiger partial charge on any atom is 0.237 e. The Balaban J connectivity index is 1.53. The lowest BCUT2D eigenvalue weighted by Gasteiger charge is -2.21. The van der Waals surface area contributed by atoms with Crippen LogP contribution < -0.4 is 0 Å². The zero-order valence-electron chi connectivity index (χ0n) is 13.1. The first-order valence-electron chi connectivity index (χ1n) is 7.82. The van der Waals surface area contributed by atoms with Crippen molar-refractivity contribution in [3.05, 3.63) is 40.0 Å². The Labute approximate surface area is 144 Å². The summed E-state index contributed by atoms with van der Waals surface area (Å²) >= 11 is 3.10. The fraction of sp³-hybridized carbons (Fsp3) is 0.438. The lowest BCUT2D eigenvalue weighted by atomic mass is 10.3. The molecule has 0 unspecified atom stereocenters. The highest BCUT2D eigenvalue weighted by molar-refractivity contribution is 7.99. The second kappa shape index (κ2) is 7.79. The molecular formula is C16H20N4OS2. The molecule has 0 spiro atoms. The van der Waals surface area contributed by atoms with Crippen LogP contribution in [0, 0.1) is 0 Å². The van der Waals surface area contributed by atoms with Gasteiger partial charge in [-0.25, -0.2) is 4.98 Å². The molecule has 122 valence electrons. The number of H-pyrrole nitrogens is 1. The standard InChI is InChI=1S/C16H20N4OS2/c1-2-20(12-6-3-4-7-12)15(21)11-23-16-17-14(18-19-16)10-13-8-5-9-22-13/h5-6,8-9H,2-4,7,10-11H2,1H3,(H,17,18,19). The van der Waals surface area contributed by atoms with Crippen LogP contribution in [-0.4, -0.2) is 38.3 Å². The molecule has 2 aromatic heterocycles. The minimum atomic E-state index is 0.134. The number of aromatic nitrogens is 3. The minimum Gasteiger partial charge on any atom is -0.316 e. The van der Waals surface area contributed by atoms with Crippen LogP contribution in [0.2, 0.25) is 0 Å². The maximum absolute atomic E-state index is 12.4. The number of carbonyl (C=O) groups excluding carboxylic acids is 1. The normalized spacial score (nSPS) is 14.0. The fourth-order valence-corrected chi connectivity index (χ4v) is 4.04. The van der Waals surface area contributed by atoms with E-state index < -0.39 is 0 Å². The van der Waals surface area contributed by atoms with E-state index in [9.17, 15) is 4.79 Å². The third kappa shape index (κ3) is 4.23. The van der Waals surface area contributed by atoms with Crippen molar-refractivity contribution in [3.63, 3.8) is 0 Å². The van der Waals surface area contributed by atoms with Gasteiger partial charge in [0.15, 0.2) is 0 Å². The van der Waals surface area contributed by atoms with Crippen molar-refractivity contribution in [2.45, 2.75) is 37.8 Å². The number of thiophene rings is 1. The van der Waals surface area contributed by atoms with E-state index in [1.165, 1.54) is 22.3 Å². The number of hydrogen-bond donors (Lipinski definition) is 1. The zero-order chi connectivity index (χ0) is 16.1. The number of nitrogens with one attached hydrogen (secondary N) is 1. The molecule has 0 fully saturated rings. The molecule has 1 amide bonds. The van der Waals surface area contributed by atoms with Gasteiger partial charge in [0.2, 0.25) is 11.1 Å². The number of thioether (sulfide) groups is 1. The van der Waals surface area contributed by atoms with Crippen molar-refractivity contribution in [2.24, 2.45) is 0 Å². The van der Waals surface area contributed by atoms with Gasteiger partial charge in [0.25, 0.3) is 0 Å². The largest absolute Gasteiger partial charge is 0.316 e. The number of nitrogens with zero attached hydrogens (tertiary/aromatic N) is 3. The summed E-state index contributed by atoms with van der Waals surface area (Å²) in [6.45, 7) is 2.75. The van der Waals surface area contributed by atoms with Crippen molar-refractivity contribution < 1.29 is 4.79 Å². The second-order valence-corrected chi connectivity index (χ2v) is 7.31. The third-order valence-corrected chi connectivity index (χ3v) is 5.45. The van der Waals surface area contributed by atoms with E-state index >= 15 is 0 Å². The van der Waals surface area contributed by atoms with Crippen molar-refractivity contribution in [3.8, 4) is 0 Å². The Bertz CT molecular complexity index is 678. The van der Waals surface area contributed by atoms with Crippen LogP contribution in [0.1, 0.15) is 36.9 Å². The van der Waals surface area contributed by atoms with Gasteiger partial charge in [-0.3, -0.25) is 9.89 Å². The van der Waals surface area contributed by atoms with E-state index in [0.29, 0.717) is 10.9 Å². The summed E-state index contributed by atoms with van der Waals surface area (Å²) < 4.78 is 0. The van der Waals surface area contributed by atoms with Crippen LogP contribution in [0.4, 0.5) is 0 Å². The summed E-state index contributed by atoms with van der Waals surface area (Å²) in [5.74, 6) is 1.35. The minimum absolute atomic E-state index is 0.134. The molecule has 3 rings (SSSR count). The van der Waals surface area contributed by atoms with Crippen molar-refractivity contribution >= 4 is 29.0 Å². The molecule has 1 aliphatic rings. The molecule has 0 aliphatic heterocycles. The Hall–Kier alpha value is -1.60. The lowest BCUT2D eigenvalue weighted by molar-refractivity contribution is -0.126. The van der Waals surface area contributed by atoms with Crippen LogP contribution in [-0.2, 0) is 11.2 Å². The topological polar surface area (TPSA) is 61.9 Å². The van der Waals surface area contributed by atoms with Crippen molar-refractivity contribution in [2.75, 3.05) is 12.3 Å². The number of hydrogen-bond acceptors (Lipinski definition) is 5. The van der Waals surface area contributed by atoms with E-state index in [1.54, 1.807) is 11.3 Å². The molecular weight excluding hydrogens is 328 g/mol. The molecule has 0 saturated carbocycles. The molecule has 1 N–H and O–H groups in total. The SMILES string of the molecule is CCN(C(=O)CSc1n[nH]c(Cc2cccs2)n1)C1=CCCC1. The number of allylic oxidation sites excluding steroid dienone is 2. The van der Waals surface area contributed by atoms with E-state index in [0.717, 1.165) is 38.1 Å². The van der Waals surface area contributed by atoms with Gasteiger partial charge in [0.1, 0.15) is 5.82 Å². The van der Waals surface area contributed by atoms with E-state index in [2.05, 4.69) is 32.7 Å².